The molecule has 0 spiro atoms. The molecule has 5 heteroatoms. The van der Waals surface area contributed by atoms with Gasteiger partial charge in [0.15, 0.2) is 17.5 Å². The monoisotopic (exact) mass is 703 g/mol. The molecule has 5 nitrogen and oxygen atoms in total. The van der Waals surface area contributed by atoms with E-state index in [0.717, 1.165) is 77.5 Å². The summed E-state index contributed by atoms with van der Waals surface area (Å²) in [6.45, 7) is 0. The molecule has 0 saturated heterocycles. The number of pyridine rings is 1. The minimum atomic E-state index is 0.585. The van der Waals surface area contributed by atoms with E-state index in [2.05, 4.69) is 138 Å². The molecule has 0 saturated carbocycles. The molecule has 258 valence electrons. The highest BCUT2D eigenvalue weighted by Crippen LogP contribution is 2.47. The van der Waals surface area contributed by atoms with Crippen molar-refractivity contribution in [2.45, 2.75) is 0 Å². The number of nitrogens with zero attached hydrogens (tertiary/aromatic N) is 5. The highest BCUT2D eigenvalue weighted by atomic mass is 15.1. The fourth-order valence-electron chi connectivity index (χ4n) is 7.59. The zero-order chi connectivity index (χ0) is 36.6. The third-order valence-corrected chi connectivity index (χ3v) is 10.0. The first kappa shape index (κ1) is 32.2. The molecule has 0 N–H and O–H groups in total. The molecule has 0 aliphatic carbocycles. The van der Waals surface area contributed by atoms with Crippen LogP contribution in [0.1, 0.15) is 0 Å². The van der Waals surface area contributed by atoms with Gasteiger partial charge in [-0.05, 0) is 53.2 Å². The van der Waals surface area contributed by atoms with E-state index in [9.17, 15) is 0 Å². The summed E-state index contributed by atoms with van der Waals surface area (Å²) in [5, 5.41) is 5.33. The predicted octanol–water partition coefficient (Wildman–Crippen LogP) is 12.9. The van der Waals surface area contributed by atoms with Gasteiger partial charge in [-0.3, -0.25) is 0 Å². The lowest BCUT2D eigenvalue weighted by Gasteiger charge is -2.28. The number of aromatic nitrogens is 4. The van der Waals surface area contributed by atoms with E-state index in [1.54, 1.807) is 0 Å². The highest BCUT2D eigenvalue weighted by Gasteiger charge is 2.24. The van der Waals surface area contributed by atoms with E-state index in [1.807, 2.05) is 66.7 Å². The van der Waals surface area contributed by atoms with Crippen molar-refractivity contribution in [2.24, 2.45) is 0 Å². The molecule has 0 fully saturated rings. The second-order valence-electron chi connectivity index (χ2n) is 13.4. The van der Waals surface area contributed by atoms with Crippen molar-refractivity contribution in [3.05, 3.63) is 200 Å². The quantitative estimate of drug-likeness (QED) is 0.155. The Labute approximate surface area is 318 Å². The zero-order valence-electron chi connectivity index (χ0n) is 29.8. The molecule has 10 aromatic rings. The standard InChI is InChI=1S/C50H33N5/c1-6-19-34(20-7-1)47-45-41(50-53-48(35-21-8-2-9-22-35)52-49(54-50)36-23-10-3-11-24-36)33-37-25-16-17-30-40(37)44(45)46-42(51-47)31-18-32-43(46)55(38-26-12-4-13-27-38)39-28-14-5-15-29-39/h1-33H. The van der Waals surface area contributed by atoms with Gasteiger partial charge in [0, 0.05) is 49.8 Å². The summed E-state index contributed by atoms with van der Waals surface area (Å²) in [6.07, 6.45) is 0. The summed E-state index contributed by atoms with van der Waals surface area (Å²) in [4.78, 5) is 23.4. The van der Waals surface area contributed by atoms with Crippen LogP contribution in [0.4, 0.5) is 17.1 Å². The largest absolute Gasteiger partial charge is 0.310 e. The van der Waals surface area contributed by atoms with Gasteiger partial charge in [0.2, 0.25) is 0 Å². The first-order valence-corrected chi connectivity index (χ1v) is 18.4. The third-order valence-electron chi connectivity index (χ3n) is 10.0. The number of anilines is 3. The average molecular weight is 704 g/mol. The second-order valence-corrected chi connectivity index (χ2v) is 13.4. The summed E-state index contributed by atoms with van der Waals surface area (Å²) in [6, 6.07) is 69.1. The van der Waals surface area contributed by atoms with Crippen LogP contribution < -0.4 is 4.90 Å². The van der Waals surface area contributed by atoms with E-state index < -0.39 is 0 Å². The first-order valence-electron chi connectivity index (χ1n) is 18.4. The Morgan fingerprint density at radius 1 is 0.345 bits per heavy atom. The number of hydrogen-bond acceptors (Lipinski definition) is 5. The van der Waals surface area contributed by atoms with Crippen molar-refractivity contribution >= 4 is 49.5 Å². The lowest BCUT2D eigenvalue weighted by Crippen LogP contribution is -2.11. The van der Waals surface area contributed by atoms with Gasteiger partial charge >= 0.3 is 0 Å². The van der Waals surface area contributed by atoms with Crippen LogP contribution in [0.25, 0.3) is 77.9 Å². The van der Waals surface area contributed by atoms with E-state index in [1.165, 1.54) is 0 Å². The summed E-state index contributed by atoms with van der Waals surface area (Å²) in [7, 11) is 0. The van der Waals surface area contributed by atoms with Gasteiger partial charge in [-0.25, -0.2) is 19.9 Å². The lowest BCUT2D eigenvalue weighted by atomic mass is 9.90. The van der Waals surface area contributed by atoms with Gasteiger partial charge in [0.25, 0.3) is 0 Å². The molecule has 0 bridgehead atoms. The van der Waals surface area contributed by atoms with Crippen molar-refractivity contribution in [1.29, 1.82) is 0 Å². The van der Waals surface area contributed by atoms with Crippen LogP contribution in [0.3, 0.4) is 0 Å². The number of fused-ring (bicyclic) bond motifs is 5. The van der Waals surface area contributed by atoms with E-state index in [0.29, 0.717) is 17.5 Å². The van der Waals surface area contributed by atoms with Crippen molar-refractivity contribution in [2.75, 3.05) is 4.90 Å². The summed E-state index contributed by atoms with van der Waals surface area (Å²) < 4.78 is 0. The smallest absolute Gasteiger partial charge is 0.164 e. The van der Waals surface area contributed by atoms with Crippen LogP contribution in [0.5, 0.6) is 0 Å². The first-order chi connectivity index (χ1) is 27.3. The van der Waals surface area contributed by atoms with Crippen LogP contribution >= 0.6 is 0 Å². The van der Waals surface area contributed by atoms with Gasteiger partial charge in [0.05, 0.1) is 16.9 Å². The normalized spacial score (nSPS) is 11.3. The molecule has 0 unspecified atom stereocenters. The molecular formula is C50H33N5. The molecule has 2 heterocycles. The fraction of sp³-hybridized carbons (Fsp3) is 0. The summed E-state index contributed by atoms with van der Waals surface area (Å²) >= 11 is 0. The summed E-state index contributed by atoms with van der Waals surface area (Å²) in [5.41, 5.74) is 8.65. The topological polar surface area (TPSA) is 54.8 Å². The Balaban J connectivity index is 1.38. The van der Waals surface area contributed by atoms with Gasteiger partial charge in [0.1, 0.15) is 0 Å². The Morgan fingerprint density at radius 2 is 0.836 bits per heavy atom. The van der Waals surface area contributed by atoms with Crippen LogP contribution in [0.15, 0.2) is 200 Å². The van der Waals surface area contributed by atoms with Gasteiger partial charge in [-0.1, -0.05) is 158 Å². The number of para-hydroxylation sites is 2. The molecule has 2 aromatic heterocycles. The van der Waals surface area contributed by atoms with Crippen molar-refractivity contribution in [3.8, 4) is 45.4 Å². The lowest BCUT2D eigenvalue weighted by molar-refractivity contribution is 1.08. The maximum Gasteiger partial charge on any atom is 0.164 e. The van der Waals surface area contributed by atoms with Crippen LogP contribution in [-0.4, -0.2) is 19.9 Å². The van der Waals surface area contributed by atoms with Gasteiger partial charge in [-0.2, -0.15) is 0 Å². The Morgan fingerprint density at radius 3 is 1.42 bits per heavy atom. The third kappa shape index (κ3) is 5.85. The van der Waals surface area contributed by atoms with Gasteiger partial charge in [-0.15, -0.1) is 0 Å². The zero-order valence-corrected chi connectivity index (χ0v) is 29.8. The van der Waals surface area contributed by atoms with Crippen LogP contribution in [0.2, 0.25) is 0 Å². The molecule has 0 atom stereocenters. The SMILES string of the molecule is c1ccc(-c2nc(-c3ccccc3)nc(-c3cc4ccccc4c4c3c(-c3ccccc3)nc3cccc(N(c5ccccc5)c5ccccc5)c34)n2)cc1. The number of hydrogen-bond donors (Lipinski definition) is 0. The number of rotatable bonds is 7. The molecule has 0 aliphatic rings. The van der Waals surface area contributed by atoms with E-state index in [-0.39, 0.29) is 0 Å². The molecule has 0 radical (unpaired) electrons. The Bertz CT molecular complexity index is 2860. The van der Waals surface area contributed by atoms with E-state index in [4.69, 9.17) is 19.9 Å². The van der Waals surface area contributed by atoms with E-state index >= 15 is 0 Å². The maximum atomic E-state index is 5.56. The molecule has 0 aliphatic heterocycles. The minimum absolute atomic E-state index is 0.585. The minimum Gasteiger partial charge on any atom is -0.310 e. The van der Waals surface area contributed by atoms with Crippen molar-refractivity contribution in [3.63, 3.8) is 0 Å². The molecule has 55 heavy (non-hydrogen) atoms. The average Bonchev–Trinajstić information content (AvgIpc) is 3.27. The van der Waals surface area contributed by atoms with Crippen molar-refractivity contribution in [1.82, 2.24) is 19.9 Å². The second kappa shape index (κ2) is 13.8. The molecule has 0 amide bonds. The Hall–Kier alpha value is -7.50. The van der Waals surface area contributed by atoms with Crippen LogP contribution in [-0.2, 0) is 0 Å². The predicted molar refractivity (Wildman–Crippen MR) is 227 cm³/mol. The molecule has 10 rings (SSSR count). The maximum absolute atomic E-state index is 5.56. The molecule has 8 aromatic carbocycles. The summed E-state index contributed by atoms with van der Waals surface area (Å²) in [5.74, 6) is 1.81. The van der Waals surface area contributed by atoms with Crippen LogP contribution in [0, 0.1) is 0 Å². The number of benzene rings is 8. The highest BCUT2D eigenvalue weighted by molar-refractivity contribution is 6.29. The Kier molecular flexibility index (Phi) is 8.08. The fourth-order valence-corrected chi connectivity index (χ4v) is 7.59. The van der Waals surface area contributed by atoms with Gasteiger partial charge < -0.3 is 4.90 Å². The van der Waals surface area contributed by atoms with Crippen molar-refractivity contribution < 1.29 is 0 Å². The molecular weight excluding hydrogens is 671 g/mol.